The monoisotopic (exact) mass is 434 g/mol. The van der Waals surface area contributed by atoms with Crippen LogP contribution in [0.3, 0.4) is 0 Å². The first kappa shape index (κ1) is 22.1. The molecule has 0 spiro atoms. The number of benzene rings is 2. The predicted octanol–water partition coefficient (Wildman–Crippen LogP) is 3.33. The molecule has 4 rings (SSSR count). The first-order chi connectivity index (χ1) is 15.8. The van der Waals surface area contributed by atoms with Crippen molar-refractivity contribution in [1.29, 1.82) is 0 Å². The maximum absolute atomic E-state index is 5.51. The van der Waals surface area contributed by atoms with Gasteiger partial charge >= 0.3 is 0 Å². The number of anilines is 1. The summed E-state index contributed by atoms with van der Waals surface area (Å²) in [5.41, 5.74) is 4.77. The molecule has 2 N–H and O–H groups in total. The van der Waals surface area contributed by atoms with Crippen LogP contribution >= 0.6 is 0 Å². The van der Waals surface area contributed by atoms with Crippen molar-refractivity contribution in [3.05, 3.63) is 59.9 Å². The van der Waals surface area contributed by atoms with E-state index in [2.05, 4.69) is 81.4 Å². The lowest BCUT2D eigenvalue weighted by molar-refractivity contribution is 0.122. The molecule has 0 bridgehead atoms. The van der Waals surface area contributed by atoms with Gasteiger partial charge in [-0.15, -0.1) is 0 Å². The standard InChI is InChI=1S/C25H34N6O/c1-3-26-25(27-13-8-14-31-20(2)29-22-10-5-7-12-24(22)31)28-19-21-9-4-6-11-23(21)30-15-17-32-18-16-30/h4-7,9-12H,3,8,13-19H2,1-2H3,(H2,26,27,28). The van der Waals surface area contributed by atoms with Gasteiger partial charge in [-0.3, -0.25) is 0 Å². The molecule has 1 saturated heterocycles. The average molecular weight is 435 g/mol. The second-order valence-electron chi connectivity index (χ2n) is 8.00. The van der Waals surface area contributed by atoms with Gasteiger partial charge in [-0.2, -0.15) is 0 Å². The summed E-state index contributed by atoms with van der Waals surface area (Å²) in [6.45, 7) is 10.9. The van der Waals surface area contributed by atoms with E-state index < -0.39 is 0 Å². The van der Waals surface area contributed by atoms with Crippen LogP contribution in [0.5, 0.6) is 0 Å². The van der Waals surface area contributed by atoms with Crippen LogP contribution in [0.25, 0.3) is 11.0 Å². The van der Waals surface area contributed by atoms with Crippen molar-refractivity contribution in [3.63, 3.8) is 0 Å². The fourth-order valence-electron chi connectivity index (χ4n) is 4.19. The molecule has 1 fully saturated rings. The van der Waals surface area contributed by atoms with E-state index >= 15 is 0 Å². The van der Waals surface area contributed by atoms with Crippen molar-refractivity contribution in [3.8, 4) is 0 Å². The van der Waals surface area contributed by atoms with Gasteiger partial charge in [0.1, 0.15) is 5.82 Å². The molecular formula is C25H34N6O. The number of aliphatic imine (C=N–C) groups is 1. The number of morpholine rings is 1. The largest absolute Gasteiger partial charge is 0.378 e. The highest BCUT2D eigenvalue weighted by Gasteiger charge is 2.14. The summed E-state index contributed by atoms with van der Waals surface area (Å²) in [4.78, 5) is 11.9. The number of aryl methyl sites for hydroxylation is 2. The Morgan fingerprint density at radius 3 is 2.69 bits per heavy atom. The van der Waals surface area contributed by atoms with Crippen LogP contribution in [-0.2, 0) is 17.8 Å². The van der Waals surface area contributed by atoms with E-state index in [9.17, 15) is 0 Å². The minimum absolute atomic E-state index is 0.647. The summed E-state index contributed by atoms with van der Waals surface area (Å²) in [6.07, 6.45) is 0.996. The molecule has 0 unspecified atom stereocenters. The normalized spacial score (nSPS) is 14.7. The number of guanidine groups is 1. The van der Waals surface area contributed by atoms with Crippen LogP contribution in [0.15, 0.2) is 53.5 Å². The maximum atomic E-state index is 5.51. The zero-order chi connectivity index (χ0) is 22.2. The lowest BCUT2D eigenvalue weighted by Crippen LogP contribution is -2.38. The summed E-state index contributed by atoms with van der Waals surface area (Å²) in [6, 6.07) is 16.9. The highest BCUT2D eigenvalue weighted by atomic mass is 16.5. The minimum Gasteiger partial charge on any atom is -0.378 e. The molecule has 3 aromatic rings. The number of hydrogen-bond acceptors (Lipinski definition) is 4. The molecule has 1 aliphatic rings. The molecule has 0 saturated carbocycles. The summed E-state index contributed by atoms with van der Waals surface area (Å²) in [7, 11) is 0. The van der Waals surface area contributed by atoms with Crippen LogP contribution in [-0.4, -0.2) is 54.9 Å². The maximum Gasteiger partial charge on any atom is 0.191 e. The van der Waals surface area contributed by atoms with Crippen LogP contribution in [0.2, 0.25) is 0 Å². The van der Waals surface area contributed by atoms with Crippen LogP contribution in [0.1, 0.15) is 24.7 Å². The lowest BCUT2D eigenvalue weighted by Gasteiger charge is -2.30. The van der Waals surface area contributed by atoms with E-state index in [0.717, 1.165) is 69.7 Å². The van der Waals surface area contributed by atoms with E-state index in [1.165, 1.54) is 16.8 Å². The Hall–Kier alpha value is -3.06. The van der Waals surface area contributed by atoms with Crippen molar-refractivity contribution >= 4 is 22.7 Å². The van der Waals surface area contributed by atoms with E-state index in [1.54, 1.807) is 0 Å². The molecule has 2 aromatic carbocycles. The summed E-state index contributed by atoms with van der Waals surface area (Å²) in [5.74, 6) is 1.92. The number of imidazole rings is 1. The summed E-state index contributed by atoms with van der Waals surface area (Å²) in [5, 5.41) is 6.86. The second kappa shape index (κ2) is 11.0. The van der Waals surface area contributed by atoms with Gasteiger partial charge in [0.25, 0.3) is 0 Å². The van der Waals surface area contributed by atoms with Crippen LogP contribution in [0, 0.1) is 6.92 Å². The predicted molar refractivity (Wildman–Crippen MR) is 131 cm³/mol. The molecule has 170 valence electrons. The van der Waals surface area contributed by atoms with Crippen molar-refractivity contribution in [1.82, 2.24) is 20.2 Å². The van der Waals surface area contributed by atoms with Gasteiger partial charge in [0.15, 0.2) is 5.96 Å². The molecule has 0 atom stereocenters. The molecule has 1 aliphatic heterocycles. The third-order valence-electron chi connectivity index (χ3n) is 5.79. The third kappa shape index (κ3) is 5.40. The Morgan fingerprint density at radius 1 is 1.06 bits per heavy atom. The average Bonchev–Trinajstić information content (AvgIpc) is 3.16. The molecule has 0 aliphatic carbocycles. The molecule has 1 aromatic heterocycles. The zero-order valence-corrected chi connectivity index (χ0v) is 19.2. The number of nitrogens with one attached hydrogen (secondary N) is 2. The Morgan fingerprint density at radius 2 is 1.84 bits per heavy atom. The van der Waals surface area contributed by atoms with Gasteiger partial charge in [0.05, 0.1) is 30.8 Å². The van der Waals surface area contributed by atoms with E-state index in [4.69, 9.17) is 9.73 Å². The van der Waals surface area contributed by atoms with Gasteiger partial charge < -0.3 is 24.8 Å². The van der Waals surface area contributed by atoms with Crippen molar-refractivity contribution in [2.24, 2.45) is 4.99 Å². The first-order valence-electron chi connectivity index (χ1n) is 11.6. The van der Waals surface area contributed by atoms with Crippen molar-refractivity contribution in [2.45, 2.75) is 33.4 Å². The number of hydrogen-bond donors (Lipinski definition) is 2. The number of aromatic nitrogens is 2. The molecule has 0 radical (unpaired) electrons. The lowest BCUT2D eigenvalue weighted by atomic mass is 10.1. The number of rotatable bonds is 8. The number of ether oxygens (including phenoxy) is 1. The van der Waals surface area contributed by atoms with Gasteiger partial charge in [-0.1, -0.05) is 30.3 Å². The highest BCUT2D eigenvalue weighted by Crippen LogP contribution is 2.22. The zero-order valence-electron chi connectivity index (χ0n) is 19.2. The molecular weight excluding hydrogens is 400 g/mol. The SMILES string of the molecule is CCNC(=NCc1ccccc1N1CCOCC1)NCCCn1c(C)nc2ccccc21. The minimum atomic E-state index is 0.647. The van der Waals surface area contributed by atoms with Crippen molar-refractivity contribution < 1.29 is 4.74 Å². The second-order valence-corrected chi connectivity index (χ2v) is 8.00. The van der Waals surface area contributed by atoms with Gasteiger partial charge in [-0.25, -0.2) is 9.98 Å². The Bertz CT molecular complexity index is 1040. The fourth-order valence-corrected chi connectivity index (χ4v) is 4.19. The van der Waals surface area contributed by atoms with Gasteiger partial charge in [-0.05, 0) is 44.0 Å². The van der Waals surface area contributed by atoms with Gasteiger partial charge in [0, 0.05) is 38.4 Å². The Labute approximate surface area is 190 Å². The number of nitrogens with zero attached hydrogens (tertiary/aromatic N) is 4. The Kier molecular flexibility index (Phi) is 7.61. The number of para-hydroxylation sites is 3. The quantitative estimate of drug-likeness (QED) is 0.323. The molecule has 7 heteroatoms. The summed E-state index contributed by atoms with van der Waals surface area (Å²) < 4.78 is 7.80. The summed E-state index contributed by atoms with van der Waals surface area (Å²) >= 11 is 0. The molecule has 2 heterocycles. The van der Waals surface area contributed by atoms with Crippen LogP contribution < -0.4 is 15.5 Å². The molecule has 0 amide bonds. The first-order valence-corrected chi connectivity index (χ1v) is 11.6. The van der Waals surface area contributed by atoms with Gasteiger partial charge in [0.2, 0.25) is 0 Å². The highest BCUT2D eigenvalue weighted by molar-refractivity contribution is 5.80. The van der Waals surface area contributed by atoms with E-state index in [0.29, 0.717) is 6.54 Å². The number of fused-ring (bicyclic) bond motifs is 1. The van der Waals surface area contributed by atoms with Crippen molar-refractivity contribution in [2.75, 3.05) is 44.3 Å². The van der Waals surface area contributed by atoms with E-state index in [-0.39, 0.29) is 0 Å². The Balaban J connectivity index is 1.35. The molecule has 32 heavy (non-hydrogen) atoms. The fraction of sp³-hybridized carbons (Fsp3) is 0.440. The van der Waals surface area contributed by atoms with E-state index in [1.807, 2.05) is 6.07 Å². The smallest absolute Gasteiger partial charge is 0.191 e. The molecule has 7 nitrogen and oxygen atoms in total. The topological polar surface area (TPSA) is 66.7 Å². The third-order valence-corrected chi connectivity index (χ3v) is 5.79. The van der Waals surface area contributed by atoms with Crippen LogP contribution in [0.4, 0.5) is 5.69 Å².